The molecule has 0 N–H and O–H groups in total. The van der Waals surface area contributed by atoms with E-state index in [0.717, 1.165) is 5.39 Å². The molecule has 4 aromatic rings. The molecule has 2 aromatic carbocycles. The Balaban J connectivity index is 1.80. The molecule has 0 bridgehead atoms. The number of aromatic nitrogens is 1. The van der Waals surface area contributed by atoms with Gasteiger partial charge in [-0.2, -0.15) is 4.99 Å². The minimum Gasteiger partial charge on any atom is -0.493 e. The van der Waals surface area contributed by atoms with Gasteiger partial charge in [0.05, 0.1) is 23.9 Å². The first-order valence-corrected chi connectivity index (χ1v) is 9.95. The smallest absolute Gasteiger partial charge is 0.315 e. The van der Waals surface area contributed by atoms with Gasteiger partial charge in [-0.25, -0.2) is 4.39 Å². The lowest BCUT2D eigenvalue weighted by molar-refractivity contribution is 0.0972. The molecule has 2 aromatic heterocycles. The highest BCUT2D eigenvalue weighted by atomic mass is 32.1. The zero-order valence-electron chi connectivity index (χ0n) is 16.0. The van der Waals surface area contributed by atoms with Gasteiger partial charge in [-0.1, -0.05) is 29.5 Å². The predicted octanol–water partition coefficient (Wildman–Crippen LogP) is 4.37. The maximum Gasteiger partial charge on any atom is 0.315 e. The zero-order valence-corrected chi connectivity index (χ0v) is 16.8. The van der Waals surface area contributed by atoms with Crippen molar-refractivity contribution in [2.45, 2.75) is 13.5 Å². The Morgan fingerprint density at radius 3 is 2.90 bits per heavy atom. The van der Waals surface area contributed by atoms with Gasteiger partial charge in [0.25, 0.3) is 0 Å². The lowest BCUT2D eigenvalue weighted by Crippen LogP contribution is -2.20. The number of amides is 1. The van der Waals surface area contributed by atoms with Crippen LogP contribution in [0, 0.1) is 5.82 Å². The number of benzene rings is 2. The first kappa shape index (κ1) is 19.4. The molecule has 29 heavy (non-hydrogen) atoms. The van der Waals surface area contributed by atoms with E-state index in [0.29, 0.717) is 46.1 Å². The number of hydrogen-bond donors (Lipinski definition) is 0. The van der Waals surface area contributed by atoms with Crippen LogP contribution in [0.4, 0.5) is 4.39 Å². The monoisotopic (exact) mass is 414 g/mol. The van der Waals surface area contributed by atoms with Crippen LogP contribution in [0.1, 0.15) is 17.5 Å². The number of methoxy groups -OCH3 is 1. The van der Waals surface area contributed by atoms with Crippen molar-refractivity contribution in [3.8, 4) is 5.75 Å². The number of rotatable bonds is 6. The van der Waals surface area contributed by atoms with E-state index in [-0.39, 0.29) is 11.6 Å². The molecule has 0 atom stereocenters. The van der Waals surface area contributed by atoms with Gasteiger partial charge >= 0.3 is 5.91 Å². The molecule has 0 fully saturated rings. The standard InChI is InChI=1S/C21H19FN2O4S/c1-3-27-11-10-24-18-14(22)7-5-9-17(18)29-21(24)23-20(25)16-12-13-6-4-8-15(26-2)19(13)28-16/h4-9,12H,3,10-11H2,1-2H3. The van der Waals surface area contributed by atoms with Gasteiger partial charge in [-0.05, 0) is 31.2 Å². The number of carbonyl (C=O) groups is 1. The summed E-state index contributed by atoms with van der Waals surface area (Å²) < 4.78 is 33.2. The fourth-order valence-electron chi connectivity index (χ4n) is 3.12. The lowest BCUT2D eigenvalue weighted by Gasteiger charge is -2.05. The normalized spacial score (nSPS) is 12.2. The minimum absolute atomic E-state index is 0.0961. The van der Waals surface area contributed by atoms with E-state index in [1.807, 2.05) is 19.1 Å². The third-order valence-corrected chi connectivity index (χ3v) is 5.49. The molecule has 150 valence electrons. The largest absolute Gasteiger partial charge is 0.493 e. The molecule has 0 saturated heterocycles. The SMILES string of the molecule is CCOCCn1c(=NC(=O)c2cc3cccc(OC)c3o2)sc2cccc(F)c21. The number of hydrogen-bond acceptors (Lipinski definition) is 5. The quantitative estimate of drug-likeness (QED) is 0.440. The van der Waals surface area contributed by atoms with Gasteiger partial charge in [-0.3, -0.25) is 4.79 Å². The molecular formula is C21H19FN2O4S. The number of fused-ring (bicyclic) bond motifs is 2. The second-order valence-electron chi connectivity index (χ2n) is 6.23. The van der Waals surface area contributed by atoms with E-state index in [1.165, 1.54) is 24.5 Å². The molecular weight excluding hydrogens is 395 g/mol. The van der Waals surface area contributed by atoms with Crippen molar-refractivity contribution in [1.29, 1.82) is 0 Å². The Kier molecular flexibility index (Phi) is 5.46. The molecule has 0 spiro atoms. The van der Waals surface area contributed by atoms with Crippen LogP contribution in [0.2, 0.25) is 0 Å². The van der Waals surface area contributed by atoms with Crippen molar-refractivity contribution in [3.05, 3.63) is 58.8 Å². The van der Waals surface area contributed by atoms with Crippen LogP contribution in [0.5, 0.6) is 5.75 Å². The summed E-state index contributed by atoms with van der Waals surface area (Å²) in [6.45, 7) is 3.22. The van der Waals surface area contributed by atoms with Crippen molar-refractivity contribution in [2.75, 3.05) is 20.3 Å². The Morgan fingerprint density at radius 1 is 1.28 bits per heavy atom. The third-order valence-electron chi connectivity index (χ3n) is 4.45. The highest BCUT2D eigenvalue weighted by Crippen LogP contribution is 2.28. The molecule has 0 aliphatic rings. The second-order valence-corrected chi connectivity index (χ2v) is 7.24. The van der Waals surface area contributed by atoms with Gasteiger partial charge in [0.1, 0.15) is 5.82 Å². The maximum atomic E-state index is 14.4. The molecule has 0 radical (unpaired) electrons. The first-order valence-electron chi connectivity index (χ1n) is 9.13. The number of nitrogens with zero attached hydrogens (tertiary/aromatic N) is 2. The fourth-order valence-corrected chi connectivity index (χ4v) is 4.19. The Hall–Kier alpha value is -2.97. The first-order chi connectivity index (χ1) is 14.1. The van der Waals surface area contributed by atoms with E-state index < -0.39 is 5.91 Å². The van der Waals surface area contributed by atoms with Crippen molar-refractivity contribution >= 4 is 38.4 Å². The third kappa shape index (κ3) is 3.68. The number of thiazole rings is 1. The summed E-state index contributed by atoms with van der Waals surface area (Å²) in [4.78, 5) is 17.4. The number of furan rings is 1. The van der Waals surface area contributed by atoms with Gasteiger partial charge < -0.3 is 18.5 Å². The topological polar surface area (TPSA) is 66.0 Å². The van der Waals surface area contributed by atoms with E-state index in [4.69, 9.17) is 13.9 Å². The summed E-state index contributed by atoms with van der Waals surface area (Å²) >= 11 is 1.25. The van der Waals surface area contributed by atoms with Crippen LogP contribution >= 0.6 is 11.3 Å². The van der Waals surface area contributed by atoms with Crippen LogP contribution in [-0.2, 0) is 11.3 Å². The second kappa shape index (κ2) is 8.18. The summed E-state index contributed by atoms with van der Waals surface area (Å²) in [5.74, 6) is -0.269. The number of ether oxygens (including phenoxy) is 2. The predicted molar refractivity (Wildman–Crippen MR) is 109 cm³/mol. The summed E-state index contributed by atoms with van der Waals surface area (Å²) in [5, 5.41) is 0.745. The molecule has 0 unspecified atom stereocenters. The van der Waals surface area contributed by atoms with Gasteiger partial charge in [0.15, 0.2) is 21.9 Å². The zero-order chi connectivity index (χ0) is 20.4. The average Bonchev–Trinajstić information content (AvgIpc) is 3.30. The highest BCUT2D eigenvalue weighted by Gasteiger charge is 2.16. The molecule has 6 nitrogen and oxygen atoms in total. The van der Waals surface area contributed by atoms with E-state index >= 15 is 0 Å². The van der Waals surface area contributed by atoms with Gasteiger partial charge in [0.2, 0.25) is 0 Å². The van der Waals surface area contributed by atoms with Crippen LogP contribution in [0.3, 0.4) is 0 Å². The number of halogens is 1. The highest BCUT2D eigenvalue weighted by molar-refractivity contribution is 7.16. The number of carbonyl (C=O) groups excluding carboxylic acids is 1. The van der Waals surface area contributed by atoms with E-state index in [2.05, 4.69) is 4.99 Å². The van der Waals surface area contributed by atoms with Crippen molar-refractivity contribution in [2.24, 2.45) is 4.99 Å². The van der Waals surface area contributed by atoms with Gasteiger partial charge in [-0.15, -0.1) is 0 Å². The van der Waals surface area contributed by atoms with Crippen molar-refractivity contribution in [1.82, 2.24) is 4.57 Å². The lowest BCUT2D eigenvalue weighted by atomic mass is 10.2. The molecule has 1 amide bonds. The van der Waals surface area contributed by atoms with Crippen molar-refractivity contribution in [3.63, 3.8) is 0 Å². The molecule has 0 aliphatic heterocycles. The molecule has 8 heteroatoms. The Bertz CT molecular complexity index is 1250. The van der Waals surface area contributed by atoms with Crippen LogP contribution in [-0.4, -0.2) is 30.8 Å². The molecule has 4 rings (SSSR count). The van der Waals surface area contributed by atoms with E-state index in [1.54, 1.807) is 28.8 Å². The summed E-state index contributed by atoms with van der Waals surface area (Å²) in [7, 11) is 1.54. The Labute approximate surface area is 169 Å². The molecule has 0 aliphatic carbocycles. The summed E-state index contributed by atoms with van der Waals surface area (Å²) in [6, 6.07) is 11.9. The van der Waals surface area contributed by atoms with Crippen LogP contribution in [0.25, 0.3) is 21.2 Å². The van der Waals surface area contributed by atoms with Gasteiger partial charge in [0, 0.05) is 18.5 Å². The van der Waals surface area contributed by atoms with E-state index in [9.17, 15) is 9.18 Å². The molecule has 0 saturated carbocycles. The van der Waals surface area contributed by atoms with Crippen LogP contribution in [0.15, 0.2) is 51.9 Å². The average molecular weight is 414 g/mol. The maximum absolute atomic E-state index is 14.4. The summed E-state index contributed by atoms with van der Waals surface area (Å²) in [5.41, 5.74) is 0.898. The minimum atomic E-state index is -0.541. The number of para-hydroxylation sites is 2. The van der Waals surface area contributed by atoms with Crippen molar-refractivity contribution < 1.29 is 23.1 Å². The van der Waals surface area contributed by atoms with Crippen LogP contribution < -0.4 is 9.54 Å². The summed E-state index contributed by atoms with van der Waals surface area (Å²) in [6.07, 6.45) is 0. The Morgan fingerprint density at radius 2 is 2.10 bits per heavy atom. The fraction of sp³-hybridized carbons (Fsp3) is 0.238. The molecule has 2 heterocycles.